The molecule has 0 aromatic heterocycles. The molecule has 1 fully saturated rings. The Labute approximate surface area is 118 Å². The van der Waals surface area contributed by atoms with Crippen LogP contribution in [0.4, 0.5) is 0 Å². The number of hydrogen-bond acceptors (Lipinski definition) is 4. The van der Waals surface area contributed by atoms with Gasteiger partial charge in [-0.1, -0.05) is 12.8 Å². The summed E-state index contributed by atoms with van der Waals surface area (Å²) in [5.41, 5.74) is 0.690. The van der Waals surface area contributed by atoms with Crippen molar-refractivity contribution in [2.24, 2.45) is 5.92 Å². The highest BCUT2D eigenvalue weighted by Crippen LogP contribution is 2.49. The van der Waals surface area contributed by atoms with E-state index in [0.717, 1.165) is 30.4 Å². The van der Waals surface area contributed by atoms with Crippen LogP contribution in [-0.2, 0) is 16.8 Å². The highest BCUT2D eigenvalue weighted by atomic mass is 16.5. The van der Waals surface area contributed by atoms with Crippen molar-refractivity contribution in [1.29, 1.82) is 0 Å². The van der Waals surface area contributed by atoms with E-state index in [9.17, 15) is 9.90 Å². The molecular formula is C16H20O4. The van der Waals surface area contributed by atoms with E-state index in [1.54, 1.807) is 14.2 Å². The second kappa shape index (κ2) is 4.77. The van der Waals surface area contributed by atoms with Gasteiger partial charge in [0.1, 0.15) is 5.78 Å². The van der Waals surface area contributed by atoms with Crippen LogP contribution in [0.3, 0.4) is 0 Å². The van der Waals surface area contributed by atoms with E-state index in [4.69, 9.17) is 9.47 Å². The van der Waals surface area contributed by atoms with Crippen molar-refractivity contribution < 1.29 is 19.4 Å². The van der Waals surface area contributed by atoms with Gasteiger partial charge in [-0.15, -0.1) is 0 Å². The maximum absolute atomic E-state index is 12.3. The third-order valence-corrected chi connectivity index (χ3v) is 4.71. The Morgan fingerprint density at radius 3 is 2.60 bits per heavy atom. The van der Waals surface area contributed by atoms with Gasteiger partial charge in [-0.3, -0.25) is 4.79 Å². The lowest BCUT2D eigenvalue weighted by Gasteiger charge is -2.43. The largest absolute Gasteiger partial charge is 0.493 e. The normalized spacial score (nSPS) is 28.6. The Balaban J connectivity index is 2.16. The van der Waals surface area contributed by atoms with Crippen LogP contribution in [0.2, 0.25) is 0 Å². The van der Waals surface area contributed by atoms with Crippen molar-refractivity contribution in [3.63, 3.8) is 0 Å². The third kappa shape index (κ3) is 1.82. The van der Waals surface area contributed by atoms with Gasteiger partial charge in [0, 0.05) is 6.42 Å². The number of aliphatic hydroxyl groups is 1. The molecule has 1 N–H and O–H groups in total. The first-order valence-electron chi connectivity index (χ1n) is 7.10. The summed E-state index contributed by atoms with van der Waals surface area (Å²) in [5, 5.41) is 11.1. The number of Topliss-reactive ketones (excluding diaryl/α,β-unsaturated/α-hetero) is 1. The molecule has 0 heterocycles. The lowest BCUT2D eigenvalue weighted by molar-refractivity contribution is -0.139. The molecule has 20 heavy (non-hydrogen) atoms. The molecule has 1 aromatic carbocycles. The van der Waals surface area contributed by atoms with Crippen LogP contribution in [0, 0.1) is 5.92 Å². The minimum absolute atomic E-state index is 0.145. The highest BCUT2D eigenvalue weighted by Gasteiger charge is 2.48. The Bertz CT molecular complexity index is 552. The quantitative estimate of drug-likeness (QED) is 0.899. The number of carbonyl (C=O) groups excluding carboxylic acids is 1. The number of ketones is 1. The molecule has 0 aliphatic heterocycles. The molecule has 0 spiro atoms. The number of carbonyl (C=O) groups is 1. The number of hydrogen-bond donors (Lipinski definition) is 1. The zero-order valence-corrected chi connectivity index (χ0v) is 11.9. The lowest BCUT2D eigenvalue weighted by atomic mass is 9.64. The van der Waals surface area contributed by atoms with Gasteiger partial charge in [0.15, 0.2) is 11.5 Å². The molecule has 0 saturated heterocycles. The van der Waals surface area contributed by atoms with Crippen LogP contribution in [0.25, 0.3) is 0 Å². The van der Waals surface area contributed by atoms with Crippen LogP contribution >= 0.6 is 0 Å². The van der Waals surface area contributed by atoms with Crippen LogP contribution in [0.1, 0.15) is 36.8 Å². The van der Waals surface area contributed by atoms with E-state index in [0.29, 0.717) is 24.3 Å². The SMILES string of the molecule is COc1cc2c(cc1OC)C1(O)CCCCC1C(=O)C2. The molecular weight excluding hydrogens is 256 g/mol. The number of fused-ring (bicyclic) bond motifs is 3. The lowest BCUT2D eigenvalue weighted by Crippen LogP contribution is -2.46. The molecule has 3 rings (SSSR count). The van der Waals surface area contributed by atoms with E-state index in [2.05, 4.69) is 0 Å². The molecule has 0 bridgehead atoms. The van der Waals surface area contributed by atoms with Gasteiger partial charge < -0.3 is 14.6 Å². The van der Waals surface area contributed by atoms with Crippen molar-refractivity contribution in [3.05, 3.63) is 23.3 Å². The third-order valence-electron chi connectivity index (χ3n) is 4.71. The van der Waals surface area contributed by atoms with E-state index in [1.807, 2.05) is 12.1 Å². The predicted molar refractivity (Wildman–Crippen MR) is 74.1 cm³/mol. The second-order valence-corrected chi connectivity index (χ2v) is 5.73. The molecule has 2 aliphatic carbocycles. The molecule has 2 atom stereocenters. The molecule has 0 radical (unpaired) electrons. The van der Waals surface area contributed by atoms with Gasteiger partial charge >= 0.3 is 0 Å². The molecule has 4 heteroatoms. The summed E-state index contributed by atoms with van der Waals surface area (Å²) in [6.07, 6.45) is 3.77. The smallest absolute Gasteiger partial charge is 0.161 e. The van der Waals surface area contributed by atoms with Gasteiger partial charge in [-0.2, -0.15) is 0 Å². The summed E-state index contributed by atoms with van der Waals surface area (Å²) in [6, 6.07) is 3.67. The molecule has 4 nitrogen and oxygen atoms in total. The average Bonchev–Trinajstić information content (AvgIpc) is 2.46. The highest BCUT2D eigenvalue weighted by molar-refractivity contribution is 5.87. The van der Waals surface area contributed by atoms with Gasteiger partial charge in [0.05, 0.1) is 25.7 Å². The first-order chi connectivity index (χ1) is 9.60. The average molecular weight is 276 g/mol. The molecule has 2 aliphatic rings. The minimum atomic E-state index is -1.03. The number of methoxy groups -OCH3 is 2. The van der Waals surface area contributed by atoms with Crippen molar-refractivity contribution in [3.8, 4) is 11.5 Å². The summed E-state index contributed by atoms with van der Waals surface area (Å²) in [6.45, 7) is 0. The Kier molecular flexibility index (Phi) is 3.21. The topological polar surface area (TPSA) is 55.8 Å². The fourth-order valence-corrected chi connectivity index (χ4v) is 3.69. The van der Waals surface area contributed by atoms with Crippen molar-refractivity contribution in [1.82, 2.24) is 0 Å². The Morgan fingerprint density at radius 1 is 1.20 bits per heavy atom. The Morgan fingerprint density at radius 2 is 1.90 bits per heavy atom. The van der Waals surface area contributed by atoms with E-state index >= 15 is 0 Å². The van der Waals surface area contributed by atoms with Gasteiger partial charge in [-0.05, 0) is 36.1 Å². The number of ether oxygens (including phenoxy) is 2. The first-order valence-corrected chi connectivity index (χ1v) is 7.10. The summed E-state index contributed by atoms with van der Waals surface area (Å²) in [5.74, 6) is 1.10. The van der Waals surface area contributed by atoms with Crippen molar-refractivity contribution in [2.45, 2.75) is 37.7 Å². The van der Waals surface area contributed by atoms with Gasteiger partial charge in [0.2, 0.25) is 0 Å². The van der Waals surface area contributed by atoms with E-state index in [-0.39, 0.29) is 11.7 Å². The molecule has 0 amide bonds. The predicted octanol–water partition coefficient (Wildman–Crippen LogP) is 2.21. The standard InChI is InChI=1S/C16H20O4/c1-19-14-8-10-7-13(17)11-5-3-4-6-16(11,18)12(10)9-15(14)20-2/h8-9,11,18H,3-7H2,1-2H3. The summed E-state index contributed by atoms with van der Waals surface area (Å²) in [7, 11) is 3.16. The molecule has 1 aromatic rings. The van der Waals surface area contributed by atoms with Crippen LogP contribution in [0.5, 0.6) is 11.5 Å². The van der Waals surface area contributed by atoms with Gasteiger partial charge in [-0.25, -0.2) is 0 Å². The van der Waals surface area contributed by atoms with Crippen molar-refractivity contribution >= 4 is 5.78 Å². The molecule has 108 valence electrons. The molecule has 2 unspecified atom stereocenters. The number of rotatable bonds is 2. The van der Waals surface area contributed by atoms with Crippen molar-refractivity contribution in [2.75, 3.05) is 14.2 Å². The second-order valence-electron chi connectivity index (χ2n) is 5.73. The first kappa shape index (κ1) is 13.4. The van der Waals surface area contributed by atoms with E-state index < -0.39 is 5.60 Å². The minimum Gasteiger partial charge on any atom is -0.493 e. The van der Waals surface area contributed by atoms with Crippen LogP contribution in [0.15, 0.2) is 12.1 Å². The van der Waals surface area contributed by atoms with E-state index in [1.165, 1.54) is 0 Å². The molecule has 1 saturated carbocycles. The zero-order valence-electron chi connectivity index (χ0n) is 11.9. The maximum atomic E-state index is 12.3. The van der Waals surface area contributed by atoms with Crippen LogP contribution in [-0.4, -0.2) is 25.1 Å². The summed E-state index contributed by atoms with van der Waals surface area (Å²) in [4.78, 5) is 12.3. The van der Waals surface area contributed by atoms with Crippen LogP contribution < -0.4 is 9.47 Å². The summed E-state index contributed by atoms with van der Waals surface area (Å²) >= 11 is 0. The maximum Gasteiger partial charge on any atom is 0.161 e. The fourth-order valence-electron chi connectivity index (χ4n) is 3.69. The van der Waals surface area contributed by atoms with Gasteiger partial charge in [0.25, 0.3) is 0 Å². The monoisotopic (exact) mass is 276 g/mol. The Hall–Kier alpha value is -1.55. The summed E-state index contributed by atoms with van der Waals surface area (Å²) < 4.78 is 10.6. The fraction of sp³-hybridized carbons (Fsp3) is 0.562. The number of benzene rings is 1. The zero-order chi connectivity index (χ0) is 14.3.